The molecule has 0 radical (unpaired) electrons. The molecule has 0 saturated carbocycles. The summed E-state index contributed by atoms with van der Waals surface area (Å²) in [5.41, 5.74) is 16.6. The lowest BCUT2D eigenvalue weighted by atomic mass is 9.67. The molecule has 2 heteroatoms. The van der Waals surface area contributed by atoms with Gasteiger partial charge in [-0.3, -0.25) is 0 Å². The van der Waals surface area contributed by atoms with Gasteiger partial charge in [-0.2, -0.15) is 0 Å². The minimum atomic E-state index is -0.565. The first-order chi connectivity index (χ1) is 34.8. The Balaban J connectivity index is 1.04. The molecule has 1 heterocycles. The molecule has 10 aromatic carbocycles. The first-order valence-electron chi connectivity index (χ1n) is 24.9. The van der Waals surface area contributed by atoms with E-state index in [1.54, 1.807) is 0 Å². The van der Waals surface area contributed by atoms with Crippen molar-refractivity contribution in [3.63, 3.8) is 0 Å². The van der Waals surface area contributed by atoms with Crippen LogP contribution in [0.3, 0.4) is 0 Å². The van der Waals surface area contributed by atoms with E-state index in [1.165, 1.54) is 55.6 Å². The molecule has 0 atom stereocenters. The van der Waals surface area contributed by atoms with Crippen LogP contribution < -0.4 is 4.90 Å². The smallest absolute Gasteiger partial charge is 0.134 e. The van der Waals surface area contributed by atoms with E-state index in [-0.39, 0.29) is 40.7 Å². The van der Waals surface area contributed by atoms with Gasteiger partial charge in [0.25, 0.3) is 0 Å². The molecule has 0 unspecified atom stereocenters. The van der Waals surface area contributed by atoms with Gasteiger partial charge in [-0.15, -0.1) is 0 Å². The van der Waals surface area contributed by atoms with E-state index in [2.05, 4.69) is 211 Å². The fourth-order valence-corrected chi connectivity index (χ4v) is 11.2. The highest BCUT2D eigenvalue weighted by atomic mass is 16.3. The average Bonchev–Trinajstić information content (AvgIpc) is 4.02. The van der Waals surface area contributed by atoms with E-state index in [4.69, 9.17) is 11.3 Å². The molecule has 0 N–H and O–H groups in total. The van der Waals surface area contributed by atoms with E-state index < -0.39 is 17.1 Å². The van der Waals surface area contributed by atoms with Crippen molar-refractivity contribution < 1.29 is 11.3 Å². The predicted octanol–water partition coefficient (Wildman–Crippen LogP) is 16.3. The number of rotatable bonds is 8. The summed E-state index contributed by atoms with van der Waals surface area (Å²) in [6.45, 7) is 0. The molecule has 0 spiro atoms. The maximum atomic E-state index is 9.13. The van der Waals surface area contributed by atoms with Crippen molar-refractivity contribution in [3.8, 4) is 33.4 Å². The number of nitrogens with zero attached hydrogens (tertiary/aromatic N) is 1. The average molecular weight is 847 g/mol. The second kappa shape index (κ2) is 15.1. The van der Waals surface area contributed by atoms with Gasteiger partial charge >= 0.3 is 0 Å². The fourth-order valence-electron chi connectivity index (χ4n) is 11.2. The van der Waals surface area contributed by atoms with Crippen molar-refractivity contribution in [3.05, 3.63) is 305 Å². The molecule has 0 saturated heterocycles. The van der Waals surface area contributed by atoms with E-state index in [0.29, 0.717) is 5.56 Å². The molecule has 2 aliphatic carbocycles. The highest BCUT2D eigenvalue weighted by Crippen LogP contribution is 2.59. The summed E-state index contributed by atoms with van der Waals surface area (Å²) < 4.78 is 49.0. The van der Waals surface area contributed by atoms with Gasteiger partial charge in [0.1, 0.15) is 6.95 Å². The van der Waals surface area contributed by atoms with E-state index in [9.17, 15) is 0 Å². The normalized spacial score (nSPS) is 14.8. The second-order valence-corrected chi connectivity index (χ2v) is 17.2. The third-order valence-corrected chi connectivity index (χ3v) is 13.9. The molecule has 0 bridgehead atoms. The summed E-state index contributed by atoms with van der Waals surface area (Å²) in [6, 6.07) is 81.5. The summed E-state index contributed by atoms with van der Waals surface area (Å²) in [4.78, 5) is 2.29. The van der Waals surface area contributed by atoms with Crippen LogP contribution in [-0.2, 0) is 10.8 Å². The van der Waals surface area contributed by atoms with Crippen molar-refractivity contribution in [2.24, 2.45) is 0 Å². The molecule has 0 aliphatic heterocycles. The predicted molar refractivity (Wildman–Crippen MR) is 271 cm³/mol. The lowest BCUT2D eigenvalue weighted by Gasteiger charge is -2.34. The van der Waals surface area contributed by atoms with Gasteiger partial charge in [-0.25, -0.2) is 0 Å². The molecule has 1 aromatic heterocycles. The molecule has 2 aliphatic rings. The molecule has 2 nitrogen and oxygen atoms in total. The molecule has 0 amide bonds. The molecule has 310 valence electrons. The van der Waals surface area contributed by atoms with Crippen LogP contribution in [0.5, 0.6) is 0 Å². The van der Waals surface area contributed by atoms with Crippen LogP contribution in [0.1, 0.15) is 51.4 Å². The lowest BCUT2D eigenvalue weighted by molar-refractivity contribution is 0.616. The summed E-state index contributed by atoms with van der Waals surface area (Å²) >= 11 is 0. The largest absolute Gasteiger partial charge is 0.464 e. The first kappa shape index (κ1) is 33.1. The van der Waals surface area contributed by atoms with Crippen molar-refractivity contribution in [2.75, 3.05) is 4.90 Å². The standard InChI is InChI=1S/C64H43NO/c1-5-17-47(18-6-1)63(48-19-7-2-8-20-48)58-27-15-13-25-54(58)56-42-52(35-37-60(56)63)65(51-33-31-44(32-34-51)46-30-29-45-39-40-66-62(45)41-46)53-36-38-61-57(43-53)55-26-14-16-28-59(55)64(61,49-21-9-3-10-22-49)50-23-11-4-12-24-50/h1-43H/i29D,30D,39D,40D,41D. The van der Waals surface area contributed by atoms with Gasteiger partial charge in [0, 0.05) is 22.4 Å². The number of hydrogen-bond donors (Lipinski definition) is 0. The van der Waals surface area contributed by atoms with E-state index in [1.807, 2.05) is 24.3 Å². The van der Waals surface area contributed by atoms with Gasteiger partial charge in [-0.05, 0) is 126 Å². The number of anilines is 3. The maximum Gasteiger partial charge on any atom is 0.134 e. The Morgan fingerprint density at radius 2 is 0.758 bits per heavy atom. The number of fused-ring (bicyclic) bond motifs is 7. The molecular formula is C64H43NO. The van der Waals surface area contributed by atoms with E-state index in [0.717, 1.165) is 28.2 Å². The molecule has 66 heavy (non-hydrogen) atoms. The van der Waals surface area contributed by atoms with Gasteiger partial charge in [0.15, 0.2) is 0 Å². The Morgan fingerprint density at radius 3 is 1.23 bits per heavy atom. The third-order valence-electron chi connectivity index (χ3n) is 13.9. The zero-order valence-corrected chi connectivity index (χ0v) is 35.8. The van der Waals surface area contributed by atoms with Crippen LogP contribution in [0.4, 0.5) is 17.1 Å². The summed E-state index contributed by atoms with van der Waals surface area (Å²) in [6.07, 6.45) is -0.423. The lowest BCUT2D eigenvalue weighted by Crippen LogP contribution is -2.28. The zero-order chi connectivity index (χ0) is 48.0. The van der Waals surface area contributed by atoms with Crippen LogP contribution in [0.2, 0.25) is 0 Å². The van der Waals surface area contributed by atoms with Crippen molar-refractivity contribution in [2.45, 2.75) is 10.8 Å². The number of benzene rings is 10. The minimum absolute atomic E-state index is 0.0139. The van der Waals surface area contributed by atoms with Gasteiger partial charge in [-0.1, -0.05) is 206 Å². The molecular weight excluding hydrogens is 799 g/mol. The monoisotopic (exact) mass is 846 g/mol. The topological polar surface area (TPSA) is 16.4 Å². The third kappa shape index (κ3) is 5.55. The second-order valence-electron chi connectivity index (χ2n) is 17.2. The SMILES string of the molecule is [2H]c1oc2c([2H])c(-c3ccc(N(c4ccc5c(c4)-c4ccccc4C5(c4ccccc4)c4ccccc4)c4ccc5c(c4)-c4ccccc4C5(c4ccccc4)c4ccccc4)cc3)c([2H])c([2H])c2c1[2H]. The molecule has 11 aromatic rings. The molecule has 0 fully saturated rings. The Hall–Kier alpha value is -8.46. The van der Waals surface area contributed by atoms with Crippen LogP contribution >= 0.6 is 0 Å². The van der Waals surface area contributed by atoms with Crippen LogP contribution in [0, 0.1) is 0 Å². The zero-order valence-electron chi connectivity index (χ0n) is 40.8. The fraction of sp³-hybridized carbons (Fsp3) is 0.0312. The molecule has 13 rings (SSSR count). The van der Waals surface area contributed by atoms with Gasteiger partial charge in [0.2, 0.25) is 0 Å². The Labute approximate surface area is 392 Å². The van der Waals surface area contributed by atoms with Crippen molar-refractivity contribution in [1.82, 2.24) is 0 Å². The van der Waals surface area contributed by atoms with Crippen molar-refractivity contribution >= 4 is 28.0 Å². The van der Waals surface area contributed by atoms with Crippen LogP contribution in [0.25, 0.3) is 44.3 Å². The summed E-state index contributed by atoms with van der Waals surface area (Å²) in [5.74, 6) is 0. The highest BCUT2D eigenvalue weighted by Gasteiger charge is 2.48. The van der Waals surface area contributed by atoms with Gasteiger partial charge in [0.05, 0.1) is 22.6 Å². The van der Waals surface area contributed by atoms with E-state index >= 15 is 0 Å². The Kier molecular flexibility index (Phi) is 7.56. The van der Waals surface area contributed by atoms with Crippen LogP contribution in [0.15, 0.2) is 265 Å². The summed E-state index contributed by atoms with van der Waals surface area (Å²) in [5, 5.41) is 0.0139. The maximum absolute atomic E-state index is 9.13. The Bertz CT molecular complexity index is 3610. The minimum Gasteiger partial charge on any atom is -0.464 e. The highest BCUT2D eigenvalue weighted by molar-refractivity contribution is 5.93. The number of furan rings is 1. The Morgan fingerprint density at radius 1 is 0.348 bits per heavy atom. The first-order valence-corrected chi connectivity index (χ1v) is 22.4. The summed E-state index contributed by atoms with van der Waals surface area (Å²) in [7, 11) is 0. The van der Waals surface area contributed by atoms with Crippen molar-refractivity contribution in [1.29, 1.82) is 0 Å². The van der Waals surface area contributed by atoms with Crippen LogP contribution in [-0.4, -0.2) is 0 Å². The quantitative estimate of drug-likeness (QED) is 0.151. The van der Waals surface area contributed by atoms with Gasteiger partial charge < -0.3 is 9.32 Å². The number of hydrogen-bond acceptors (Lipinski definition) is 2.